The molecule has 0 N–H and O–H groups in total. The van der Waals surface area contributed by atoms with Crippen molar-refractivity contribution in [2.24, 2.45) is 0 Å². The second kappa shape index (κ2) is 7.31. The molecule has 0 aliphatic heterocycles. The van der Waals surface area contributed by atoms with Gasteiger partial charge in [-0.2, -0.15) is 0 Å². The summed E-state index contributed by atoms with van der Waals surface area (Å²) in [7, 11) is -1.63. The lowest BCUT2D eigenvalue weighted by molar-refractivity contribution is 0.590. The molecule has 5 nitrogen and oxygen atoms in total. The first-order valence-corrected chi connectivity index (χ1v) is 15.8. The van der Waals surface area contributed by atoms with Crippen LogP contribution >= 0.6 is 0 Å². The van der Waals surface area contributed by atoms with Crippen LogP contribution in [0.15, 0.2) is 74.2 Å². The van der Waals surface area contributed by atoms with E-state index in [1.54, 1.807) is 0 Å². The summed E-state index contributed by atoms with van der Waals surface area (Å²) in [5.74, 6) is 0.359. The third-order valence-electron chi connectivity index (χ3n) is 7.08. The van der Waals surface area contributed by atoms with Gasteiger partial charge in [-0.15, -0.1) is 0 Å². The quantitative estimate of drug-likeness (QED) is 0.233. The van der Waals surface area contributed by atoms with Gasteiger partial charge in [-0.3, -0.25) is 0 Å². The molecule has 0 saturated carbocycles. The fraction of sp³-hybridized carbons (Fsp3) is 0.200. The van der Waals surface area contributed by atoms with Crippen molar-refractivity contribution < 1.29 is 13.3 Å². The van der Waals surface area contributed by atoms with Crippen LogP contribution in [0.1, 0.15) is 25.3 Å². The molecule has 0 atom stereocenters. The number of nitrogens with zero attached hydrogens (tertiary/aromatic N) is 2. The third-order valence-corrected chi connectivity index (χ3v) is 8.81. The molecule has 0 radical (unpaired) electrons. The van der Waals surface area contributed by atoms with Gasteiger partial charge in [0, 0.05) is 16.3 Å². The standard InChI is InChI=1S/C30H26N2O3Si/c1-16(2)22-13-19(12-17-8-6-7-9-20(17)22)25-29-24(26-30(32-25)33-15-31-26)21-11-10-18-14-23(36(3,4)5)34-27(18)28(21)35-29/h6-16H,1-5H3. The van der Waals surface area contributed by atoms with Crippen LogP contribution in [0.5, 0.6) is 0 Å². The van der Waals surface area contributed by atoms with Crippen LogP contribution in [0.3, 0.4) is 0 Å². The number of hydrogen-bond donors (Lipinski definition) is 0. The zero-order chi connectivity index (χ0) is 24.8. The molecule has 36 heavy (non-hydrogen) atoms. The number of fused-ring (bicyclic) bond motifs is 8. The number of rotatable bonds is 3. The Bertz CT molecular complexity index is 1970. The van der Waals surface area contributed by atoms with Gasteiger partial charge in [-0.25, -0.2) is 9.97 Å². The van der Waals surface area contributed by atoms with Crippen LogP contribution in [0.4, 0.5) is 0 Å². The maximum absolute atomic E-state index is 6.64. The Balaban J connectivity index is 1.61. The molecule has 0 unspecified atom stereocenters. The molecule has 0 spiro atoms. The lowest BCUT2D eigenvalue weighted by atomic mass is 9.92. The Morgan fingerprint density at radius 3 is 2.44 bits per heavy atom. The van der Waals surface area contributed by atoms with Crippen molar-refractivity contribution in [1.29, 1.82) is 0 Å². The van der Waals surface area contributed by atoms with Crippen molar-refractivity contribution in [2.45, 2.75) is 39.4 Å². The van der Waals surface area contributed by atoms with Gasteiger partial charge in [0.2, 0.25) is 5.71 Å². The Labute approximate surface area is 208 Å². The summed E-state index contributed by atoms with van der Waals surface area (Å²) in [6.45, 7) is 11.3. The zero-order valence-electron chi connectivity index (χ0n) is 21.0. The first-order valence-electron chi connectivity index (χ1n) is 12.3. The molecule has 4 heterocycles. The highest BCUT2D eigenvalue weighted by atomic mass is 28.3. The van der Waals surface area contributed by atoms with Crippen LogP contribution < -0.4 is 5.38 Å². The summed E-state index contributed by atoms with van der Waals surface area (Å²) in [6.07, 6.45) is 1.45. The summed E-state index contributed by atoms with van der Waals surface area (Å²) < 4.78 is 18.8. The summed E-state index contributed by atoms with van der Waals surface area (Å²) in [6, 6.07) is 19.3. The molecule has 0 saturated heterocycles. The summed E-state index contributed by atoms with van der Waals surface area (Å²) in [4.78, 5) is 9.43. The van der Waals surface area contributed by atoms with Crippen molar-refractivity contribution in [3.63, 3.8) is 0 Å². The molecular formula is C30H26N2O3Si. The SMILES string of the molecule is CC(C)c1cc(-c2nc3ocnc3c3c2oc2c3ccc3cc([Si](C)(C)C)oc32)cc2ccccc12. The molecule has 4 aromatic heterocycles. The average Bonchev–Trinajstić information content (AvgIpc) is 3.57. The van der Waals surface area contributed by atoms with Gasteiger partial charge in [0.1, 0.15) is 19.3 Å². The van der Waals surface area contributed by atoms with Crippen molar-refractivity contribution >= 4 is 68.4 Å². The Morgan fingerprint density at radius 2 is 1.64 bits per heavy atom. The first-order chi connectivity index (χ1) is 17.3. The lowest BCUT2D eigenvalue weighted by Gasteiger charge is -2.13. The smallest absolute Gasteiger partial charge is 0.248 e. The lowest BCUT2D eigenvalue weighted by Crippen LogP contribution is -2.36. The maximum atomic E-state index is 6.64. The number of furan rings is 2. The van der Waals surface area contributed by atoms with Crippen LogP contribution in [0.25, 0.3) is 66.2 Å². The second-order valence-corrected chi connectivity index (χ2v) is 15.9. The van der Waals surface area contributed by atoms with E-state index in [9.17, 15) is 0 Å². The topological polar surface area (TPSA) is 65.2 Å². The van der Waals surface area contributed by atoms with E-state index in [4.69, 9.17) is 18.2 Å². The number of pyridine rings is 1. The van der Waals surface area contributed by atoms with Crippen LogP contribution in [0, 0.1) is 0 Å². The molecule has 0 fully saturated rings. The van der Waals surface area contributed by atoms with Crippen LogP contribution in [-0.4, -0.2) is 18.0 Å². The molecule has 0 aliphatic carbocycles. The Morgan fingerprint density at radius 1 is 0.806 bits per heavy atom. The molecule has 7 rings (SSSR count). The van der Waals surface area contributed by atoms with E-state index in [1.807, 2.05) is 0 Å². The third kappa shape index (κ3) is 3.00. The number of hydrogen-bond acceptors (Lipinski definition) is 5. The largest absolute Gasteiger partial charge is 0.462 e. The summed E-state index contributed by atoms with van der Waals surface area (Å²) >= 11 is 0. The first kappa shape index (κ1) is 21.4. The van der Waals surface area contributed by atoms with E-state index in [0.717, 1.165) is 44.0 Å². The predicted octanol–water partition coefficient (Wildman–Crippen LogP) is 8.36. The highest BCUT2D eigenvalue weighted by Gasteiger charge is 2.26. The molecular weight excluding hydrogens is 464 g/mol. The molecule has 0 aliphatic rings. The molecule has 6 heteroatoms. The molecule has 7 aromatic rings. The van der Waals surface area contributed by atoms with Crippen molar-refractivity contribution in [2.75, 3.05) is 0 Å². The second-order valence-electron chi connectivity index (χ2n) is 10.9. The summed E-state index contributed by atoms with van der Waals surface area (Å²) in [5, 5.41) is 6.42. The van der Waals surface area contributed by atoms with E-state index in [-0.39, 0.29) is 0 Å². The Hall–Kier alpha value is -3.90. The van der Waals surface area contributed by atoms with Gasteiger partial charge < -0.3 is 13.3 Å². The predicted molar refractivity (Wildman–Crippen MR) is 149 cm³/mol. The summed E-state index contributed by atoms with van der Waals surface area (Å²) in [5.41, 5.74) is 6.45. The Kier molecular flexibility index (Phi) is 4.34. The number of aromatic nitrogens is 2. The highest BCUT2D eigenvalue weighted by Crippen LogP contribution is 2.42. The van der Waals surface area contributed by atoms with Crippen molar-refractivity contribution in [1.82, 2.24) is 9.97 Å². The zero-order valence-corrected chi connectivity index (χ0v) is 22.0. The molecule has 0 bridgehead atoms. The van der Waals surface area contributed by atoms with Gasteiger partial charge in [-0.1, -0.05) is 63.8 Å². The van der Waals surface area contributed by atoms with Gasteiger partial charge in [0.25, 0.3) is 0 Å². The van der Waals surface area contributed by atoms with E-state index in [2.05, 4.69) is 93.1 Å². The van der Waals surface area contributed by atoms with Gasteiger partial charge in [0.05, 0.1) is 10.8 Å². The van der Waals surface area contributed by atoms with Crippen LogP contribution in [0.2, 0.25) is 19.6 Å². The maximum Gasteiger partial charge on any atom is 0.248 e. The molecule has 3 aromatic carbocycles. The normalized spacial score (nSPS) is 12.8. The van der Waals surface area contributed by atoms with Gasteiger partial charge >= 0.3 is 0 Å². The fourth-order valence-corrected chi connectivity index (χ4v) is 6.21. The van der Waals surface area contributed by atoms with Gasteiger partial charge in [-0.05, 0) is 46.5 Å². The fourth-order valence-electron chi connectivity index (χ4n) is 5.22. The minimum Gasteiger partial charge on any atom is -0.462 e. The van der Waals surface area contributed by atoms with Crippen molar-refractivity contribution in [3.05, 3.63) is 66.6 Å². The van der Waals surface area contributed by atoms with E-state index >= 15 is 0 Å². The average molecular weight is 491 g/mol. The van der Waals surface area contributed by atoms with Gasteiger partial charge in [0.15, 0.2) is 23.1 Å². The molecule has 178 valence electrons. The van der Waals surface area contributed by atoms with E-state index in [0.29, 0.717) is 22.7 Å². The molecule has 0 amide bonds. The van der Waals surface area contributed by atoms with E-state index < -0.39 is 8.07 Å². The minimum absolute atomic E-state index is 0.359. The van der Waals surface area contributed by atoms with E-state index in [1.165, 1.54) is 22.7 Å². The van der Waals surface area contributed by atoms with Crippen molar-refractivity contribution in [3.8, 4) is 11.3 Å². The number of benzene rings is 3. The monoisotopic (exact) mass is 490 g/mol. The number of oxazole rings is 1. The van der Waals surface area contributed by atoms with Crippen LogP contribution in [-0.2, 0) is 0 Å². The minimum atomic E-state index is -1.63. The highest BCUT2D eigenvalue weighted by molar-refractivity contribution is 6.87.